The lowest BCUT2D eigenvalue weighted by atomic mass is 10.1. The van der Waals surface area contributed by atoms with Crippen molar-refractivity contribution >= 4 is 11.7 Å². The first-order valence-electron chi connectivity index (χ1n) is 11.8. The molecule has 0 saturated heterocycles. The number of hydrogen-bond acceptors (Lipinski definition) is 12. The van der Waals surface area contributed by atoms with Crippen LogP contribution in [-0.4, -0.2) is 36.6 Å². The monoisotopic (exact) mass is 518 g/mol. The minimum Gasteiger partial charge on any atom is -0.445 e. The molecule has 194 valence electrons. The maximum Gasteiger partial charge on any atom is 0.273 e. The average Bonchev–Trinajstić information content (AvgIpc) is 3.67. The Kier molecular flexibility index (Phi) is 5.36. The lowest BCUT2D eigenvalue weighted by molar-refractivity contribution is 0.0940. The molecule has 6 heterocycles. The number of rotatable bonds is 0. The third-order valence-corrected chi connectivity index (χ3v) is 6.12. The Morgan fingerprint density at radius 1 is 0.526 bits per heavy atom. The highest BCUT2D eigenvalue weighted by Gasteiger charge is 2.27. The van der Waals surface area contributed by atoms with Crippen LogP contribution in [0.1, 0.15) is 68.0 Å². The zero-order valence-corrected chi connectivity index (χ0v) is 21.2. The fourth-order valence-corrected chi connectivity index (χ4v) is 4.22. The van der Waals surface area contributed by atoms with Crippen LogP contribution in [0.15, 0.2) is 22.1 Å². The summed E-state index contributed by atoms with van der Waals surface area (Å²) in [7, 11) is 0. The van der Waals surface area contributed by atoms with E-state index in [2.05, 4.69) is 30.2 Å². The van der Waals surface area contributed by atoms with Crippen molar-refractivity contribution in [2.75, 3.05) is 0 Å². The molecule has 0 spiro atoms. The van der Waals surface area contributed by atoms with E-state index < -0.39 is 5.91 Å². The lowest BCUT2D eigenvalue weighted by Gasteiger charge is -1.99. The first-order valence-corrected chi connectivity index (χ1v) is 11.8. The van der Waals surface area contributed by atoms with E-state index in [0.717, 1.165) is 0 Å². The van der Waals surface area contributed by atoms with E-state index in [4.69, 9.17) is 22.1 Å². The van der Waals surface area contributed by atoms with Gasteiger partial charge in [-0.25, -0.2) is 24.9 Å². The Labute approximate surface area is 214 Å². The van der Waals surface area contributed by atoms with Gasteiger partial charge in [-0.2, -0.15) is 0 Å². The lowest BCUT2D eigenvalue weighted by Crippen LogP contribution is -2.24. The van der Waals surface area contributed by atoms with Gasteiger partial charge in [0.1, 0.15) is 34.5 Å². The Balaban J connectivity index is 1.45. The number of fused-ring (bicyclic) bond motifs is 13. The van der Waals surface area contributed by atoms with Crippen molar-refractivity contribution in [1.82, 2.24) is 30.2 Å². The van der Waals surface area contributed by atoms with Crippen LogP contribution in [0.25, 0.3) is 34.8 Å². The molecule has 0 fully saturated rings. The molecule has 0 atom stereocenters. The number of ketones is 1. The van der Waals surface area contributed by atoms with E-state index in [9.17, 15) is 9.59 Å². The van der Waals surface area contributed by atoms with Crippen LogP contribution in [0.2, 0.25) is 0 Å². The number of aromatic nitrogens is 5. The van der Waals surface area contributed by atoms with E-state index >= 15 is 0 Å². The first-order chi connectivity index (χ1) is 18.2. The molecule has 0 aliphatic carbocycles. The highest BCUT2D eigenvalue weighted by molar-refractivity contribution is 5.95. The number of carbonyl (C=O) groups excluding carboxylic acids is 2. The molecule has 1 N–H and O–H groups in total. The van der Waals surface area contributed by atoms with Gasteiger partial charge in [-0.15, -0.1) is 0 Å². The summed E-state index contributed by atoms with van der Waals surface area (Å²) in [5, 5.41) is 2.72. The quantitative estimate of drug-likeness (QED) is 0.309. The molecular weight excluding hydrogens is 496 g/mol. The maximum atomic E-state index is 12.9. The Bertz CT molecular complexity index is 1730. The second-order valence-corrected chi connectivity index (χ2v) is 8.90. The minimum absolute atomic E-state index is 0.00216. The molecule has 13 nitrogen and oxygen atoms in total. The zero-order chi connectivity index (χ0) is 26.7. The summed E-state index contributed by atoms with van der Waals surface area (Å²) >= 11 is 0. The van der Waals surface area contributed by atoms with Crippen LogP contribution in [0.5, 0.6) is 0 Å². The Morgan fingerprint density at radius 3 is 1.61 bits per heavy atom. The van der Waals surface area contributed by atoms with Gasteiger partial charge in [-0.05, 0) is 34.6 Å². The van der Waals surface area contributed by atoms with E-state index in [-0.39, 0.29) is 66.0 Å². The number of carbonyl (C=O) groups is 2. The number of amides is 1. The van der Waals surface area contributed by atoms with Gasteiger partial charge < -0.3 is 27.4 Å². The van der Waals surface area contributed by atoms with Gasteiger partial charge >= 0.3 is 0 Å². The van der Waals surface area contributed by atoms with Crippen LogP contribution < -0.4 is 5.32 Å². The molecule has 1 amide bonds. The highest BCUT2D eigenvalue weighted by Crippen LogP contribution is 2.33. The van der Waals surface area contributed by atoms with Crippen molar-refractivity contribution in [2.45, 2.75) is 54.0 Å². The predicted octanol–water partition coefficient (Wildman–Crippen LogP) is 4.23. The number of hydrogen-bond donors (Lipinski definition) is 1. The van der Waals surface area contributed by atoms with Crippen molar-refractivity contribution < 1.29 is 31.7 Å². The summed E-state index contributed by atoms with van der Waals surface area (Å²) in [5.74, 6) is 2.35. The molecule has 0 unspecified atom stereocenters. The molecule has 10 bridgehead atoms. The second-order valence-electron chi connectivity index (χ2n) is 8.90. The van der Waals surface area contributed by atoms with Gasteiger partial charge in [0.05, 0.1) is 6.54 Å². The third kappa shape index (κ3) is 3.92. The standard InChI is InChI=1S/C25H22N6O7/c1-9-17-14(32)6-7-15-27-18(10(2)34-15)22(33)26-8-16-28-19(11(3)35-16)23-30-21(13(5)37-23)25-31-20(12(4)38-25)24(29-17)36-9/h6-8H2,1-5H3,(H,26,33). The first kappa shape index (κ1) is 23.6. The van der Waals surface area contributed by atoms with Gasteiger partial charge in [0.2, 0.25) is 23.6 Å². The molecule has 0 saturated carbocycles. The summed E-state index contributed by atoms with van der Waals surface area (Å²) in [6.07, 6.45) is 0.230. The SMILES string of the molecule is Cc1oc2nc1C(=O)CCc1nc(c(C)o1)C(=O)NCc1nc(c(C)o1)-c1nc(c(C)o1)-c1nc-2c(C)o1. The summed E-state index contributed by atoms with van der Waals surface area (Å²) in [4.78, 5) is 47.9. The Morgan fingerprint density at radius 2 is 0.974 bits per heavy atom. The Hall–Kier alpha value is -4.81. The van der Waals surface area contributed by atoms with Gasteiger partial charge in [0.15, 0.2) is 34.4 Å². The highest BCUT2D eigenvalue weighted by atomic mass is 16.4. The van der Waals surface area contributed by atoms with Crippen LogP contribution in [0, 0.1) is 34.6 Å². The predicted molar refractivity (Wildman–Crippen MR) is 127 cm³/mol. The second kappa shape index (κ2) is 8.64. The largest absolute Gasteiger partial charge is 0.445 e. The van der Waals surface area contributed by atoms with Crippen molar-refractivity contribution in [3.05, 3.63) is 52.0 Å². The van der Waals surface area contributed by atoms with E-state index in [0.29, 0.717) is 45.9 Å². The fourth-order valence-electron chi connectivity index (χ4n) is 4.22. The zero-order valence-electron chi connectivity index (χ0n) is 21.2. The number of oxazole rings is 5. The molecule has 5 aromatic heterocycles. The van der Waals surface area contributed by atoms with Gasteiger partial charge in [0.25, 0.3) is 5.91 Å². The van der Waals surface area contributed by atoms with Crippen molar-refractivity contribution in [3.8, 4) is 34.8 Å². The van der Waals surface area contributed by atoms with Crippen LogP contribution >= 0.6 is 0 Å². The molecule has 6 rings (SSSR count). The summed E-state index contributed by atoms with van der Waals surface area (Å²) in [6, 6.07) is 0. The van der Waals surface area contributed by atoms with Gasteiger partial charge in [-0.3, -0.25) is 9.59 Å². The maximum absolute atomic E-state index is 12.9. The molecule has 0 aromatic carbocycles. The van der Waals surface area contributed by atoms with E-state index in [1.54, 1.807) is 34.6 Å². The number of Topliss-reactive ketones (excluding diaryl/α,β-unsaturated/α-hetero) is 1. The number of nitrogens with zero attached hydrogens (tertiary/aromatic N) is 5. The molecule has 0 radical (unpaired) electrons. The molecular formula is C25H22N6O7. The topological polar surface area (TPSA) is 176 Å². The van der Waals surface area contributed by atoms with E-state index in [1.165, 1.54) is 0 Å². The van der Waals surface area contributed by atoms with Crippen LogP contribution in [-0.2, 0) is 13.0 Å². The summed E-state index contributed by atoms with van der Waals surface area (Å²) in [6.45, 7) is 8.44. The normalized spacial score (nSPS) is 13.9. The number of aryl methyl sites for hydroxylation is 6. The van der Waals surface area contributed by atoms with E-state index in [1.807, 2.05) is 0 Å². The third-order valence-electron chi connectivity index (χ3n) is 6.12. The smallest absolute Gasteiger partial charge is 0.273 e. The molecule has 1 aliphatic heterocycles. The van der Waals surface area contributed by atoms with Crippen molar-refractivity contribution in [3.63, 3.8) is 0 Å². The van der Waals surface area contributed by atoms with Crippen LogP contribution in [0.4, 0.5) is 0 Å². The summed E-state index contributed by atoms with van der Waals surface area (Å²) < 4.78 is 28.8. The van der Waals surface area contributed by atoms with Gasteiger partial charge in [0, 0.05) is 12.8 Å². The minimum atomic E-state index is -0.465. The van der Waals surface area contributed by atoms with Gasteiger partial charge in [-0.1, -0.05) is 0 Å². The number of nitrogens with one attached hydrogen (secondary N) is 1. The molecule has 38 heavy (non-hydrogen) atoms. The van der Waals surface area contributed by atoms with Crippen molar-refractivity contribution in [2.24, 2.45) is 0 Å². The molecule has 1 aliphatic rings. The molecule has 13 heteroatoms. The van der Waals surface area contributed by atoms with Crippen molar-refractivity contribution in [1.29, 1.82) is 0 Å². The average molecular weight is 518 g/mol. The molecule has 5 aromatic rings. The summed E-state index contributed by atoms with van der Waals surface area (Å²) in [5.41, 5.74) is 1.38. The van der Waals surface area contributed by atoms with Crippen LogP contribution in [0.3, 0.4) is 0 Å². The fraction of sp³-hybridized carbons (Fsp3) is 0.320.